The first kappa shape index (κ1) is 23.9. The molecule has 2 fully saturated rings. The number of hydrogen-bond donors (Lipinski definition) is 0. The van der Waals surface area contributed by atoms with Crippen LogP contribution in [0.3, 0.4) is 0 Å². The van der Waals surface area contributed by atoms with Gasteiger partial charge in [0.05, 0.1) is 16.6 Å². The van der Waals surface area contributed by atoms with Gasteiger partial charge in [0, 0.05) is 31.1 Å². The third-order valence-electron chi connectivity index (χ3n) is 7.85. The highest BCUT2D eigenvalue weighted by molar-refractivity contribution is 5.84. The maximum Gasteiger partial charge on any atom is 0.416 e. The van der Waals surface area contributed by atoms with Gasteiger partial charge in [0.15, 0.2) is 12.0 Å². The minimum absolute atomic E-state index is 0.178. The molecule has 2 aliphatic rings. The molecule has 7 rings (SSSR count). The molecule has 39 heavy (non-hydrogen) atoms. The van der Waals surface area contributed by atoms with Crippen molar-refractivity contribution in [2.45, 2.75) is 32.0 Å². The lowest BCUT2D eigenvalue weighted by Crippen LogP contribution is -2.30. The third-order valence-corrected chi connectivity index (χ3v) is 7.85. The van der Waals surface area contributed by atoms with Crippen molar-refractivity contribution in [1.29, 1.82) is 0 Å². The van der Waals surface area contributed by atoms with E-state index in [4.69, 9.17) is 4.42 Å². The fourth-order valence-electron chi connectivity index (χ4n) is 5.59. The van der Waals surface area contributed by atoms with Gasteiger partial charge in [0.25, 0.3) is 0 Å². The van der Waals surface area contributed by atoms with Crippen LogP contribution in [0.5, 0.6) is 0 Å². The Morgan fingerprint density at radius 1 is 0.923 bits per heavy atom. The highest BCUT2D eigenvalue weighted by Gasteiger charge is 2.37. The van der Waals surface area contributed by atoms with Crippen LogP contribution >= 0.6 is 0 Å². The summed E-state index contributed by atoms with van der Waals surface area (Å²) in [7, 11) is 0. The number of alkyl halides is 3. The lowest BCUT2D eigenvalue weighted by Gasteiger charge is -2.18. The van der Waals surface area contributed by atoms with Gasteiger partial charge in [-0.1, -0.05) is 30.3 Å². The normalized spacial score (nSPS) is 17.9. The number of rotatable bonds is 5. The van der Waals surface area contributed by atoms with Crippen molar-refractivity contribution in [3.8, 4) is 22.5 Å². The van der Waals surface area contributed by atoms with Gasteiger partial charge in [0.1, 0.15) is 11.3 Å². The second-order valence-corrected chi connectivity index (χ2v) is 10.6. The molecule has 1 saturated carbocycles. The van der Waals surface area contributed by atoms with Crippen LogP contribution in [0.25, 0.3) is 44.6 Å². The molecular weight excluding hydrogens is 505 g/mol. The maximum absolute atomic E-state index is 13.5. The first-order chi connectivity index (χ1) is 18.8. The average Bonchev–Trinajstić information content (AvgIpc) is 3.33. The number of halogens is 3. The first-order valence-corrected chi connectivity index (χ1v) is 13.1. The van der Waals surface area contributed by atoms with Crippen molar-refractivity contribution in [2.24, 2.45) is 11.8 Å². The van der Waals surface area contributed by atoms with Crippen LogP contribution in [0.1, 0.15) is 24.8 Å². The lowest BCUT2D eigenvalue weighted by molar-refractivity contribution is -0.137. The second kappa shape index (κ2) is 8.97. The van der Waals surface area contributed by atoms with Crippen molar-refractivity contribution in [1.82, 2.24) is 19.4 Å². The summed E-state index contributed by atoms with van der Waals surface area (Å²) < 4.78 is 47.7. The number of carbonyl (C=O) groups excluding carboxylic acids is 1. The molecule has 1 saturated heterocycles. The van der Waals surface area contributed by atoms with E-state index in [0.29, 0.717) is 35.5 Å². The van der Waals surface area contributed by atoms with Crippen LogP contribution in [-0.2, 0) is 17.5 Å². The Hall–Kier alpha value is -4.14. The SMILES string of the molecule is O=C(C1CC1)N1CCC(Cn2c(-c3ccc(-c4ccc5ocnc5c4)cc3)nc3cc(C(F)(F)F)ccc32)C1. The molecule has 1 atom stereocenters. The summed E-state index contributed by atoms with van der Waals surface area (Å²) in [6, 6.07) is 17.4. The van der Waals surface area contributed by atoms with Crippen LogP contribution in [-0.4, -0.2) is 38.4 Å². The molecule has 1 aliphatic heterocycles. The molecule has 0 bridgehead atoms. The zero-order valence-corrected chi connectivity index (χ0v) is 21.0. The van der Waals surface area contributed by atoms with Crippen molar-refractivity contribution >= 4 is 28.0 Å². The summed E-state index contributed by atoms with van der Waals surface area (Å²) in [5.41, 5.74) is 4.52. The largest absolute Gasteiger partial charge is 0.443 e. The van der Waals surface area contributed by atoms with Crippen LogP contribution in [0, 0.1) is 11.8 Å². The Kier molecular flexibility index (Phi) is 5.50. The molecule has 3 heterocycles. The minimum Gasteiger partial charge on any atom is -0.443 e. The number of benzene rings is 3. The summed E-state index contributed by atoms with van der Waals surface area (Å²) in [4.78, 5) is 23.4. The van der Waals surface area contributed by atoms with Gasteiger partial charge in [-0.05, 0) is 66.6 Å². The molecule has 3 aromatic carbocycles. The minimum atomic E-state index is -4.44. The zero-order chi connectivity index (χ0) is 26.7. The highest BCUT2D eigenvalue weighted by atomic mass is 19.4. The topological polar surface area (TPSA) is 64.2 Å². The van der Waals surface area contributed by atoms with Crippen molar-refractivity contribution in [3.05, 3.63) is 72.6 Å². The van der Waals surface area contributed by atoms with E-state index in [1.54, 1.807) is 0 Å². The monoisotopic (exact) mass is 530 g/mol. The molecule has 0 spiro atoms. The van der Waals surface area contributed by atoms with Crippen LogP contribution in [0.4, 0.5) is 13.2 Å². The average molecular weight is 531 g/mol. The molecule has 2 aromatic heterocycles. The maximum atomic E-state index is 13.5. The number of imidazole rings is 1. The van der Waals surface area contributed by atoms with Gasteiger partial charge in [-0.2, -0.15) is 13.2 Å². The number of oxazole rings is 1. The predicted octanol–water partition coefficient (Wildman–Crippen LogP) is 6.79. The van der Waals surface area contributed by atoms with Gasteiger partial charge in [-0.25, -0.2) is 9.97 Å². The number of nitrogens with zero attached hydrogens (tertiary/aromatic N) is 4. The van der Waals surface area contributed by atoms with Gasteiger partial charge in [0.2, 0.25) is 5.91 Å². The summed E-state index contributed by atoms with van der Waals surface area (Å²) in [5, 5.41) is 0. The molecule has 0 radical (unpaired) electrons. The smallest absolute Gasteiger partial charge is 0.416 e. The molecule has 198 valence electrons. The quantitative estimate of drug-likeness (QED) is 0.251. The Balaban J connectivity index is 1.24. The highest BCUT2D eigenvalue weighted by Crippen LogP contribution is 2.36. The number of likely N-dealkylation sites (tertiary alicyclic amines) is 1. The molecule has 1 unspecified atom stereocenters. The molecule has 5 aromatic rings. The van der Waals surface area contributed by atoms with Gasteiger partial charge >= 0.3 is 6.18 Å². The van der Waals surface area contributed by atoms with Crippen LogP contribution in [0.15, 0.2) is 71.5 Å². The predicted molar refractivity (Wildman–Crippen MR) is 141 cm³/mol. The molecule has 1 aliphatic carbocycles. The number of fused-ring (bicyclic) bond motifs is 2. The number of aromatic nitrogens is 3. The number of amides is 1. The van der Waals surface area contributed by atoms with Crippen molar-refractivity contribution in [2.75, 3.05) is 13.1 Å². The Bertz CT molecular complexity index is 1700. The zero-order valence-electron chi connectivity index (χ0n) is 21.0. The van der Waals surface area contributed by atoms with Gasteiger partial charge in [-0.15, -0.1) is 0 Å². The van der Waals surface area contributed by atoms with E-state index < -0.39 is 11.7 Å². The molecule has 0 N–H and O–H groups in total. The van der Waals surface area contributed by atoms with Gasteiger partial charge < -0.3 is 13.9 Å². The lowest BCUT2D eigenvalue weighted by atomic mass is 10.0. The number of hydrogen-bond acceptors (Lipinski definition) is 4. The van der Waals surface area contributed by atoms with E-state index >= 15 is 0 Å². The summed E-state index contributed by atoms with van der Waals surface area (Å²) >= 11 is 0. The van der Waals surface area contributed by atoms with E-state index in [9.17, 15) is 18.0 Å². The van der Waals surface area contributed by atoms with E-state index in [-0.39, 0.29) is 17.7 Å². The van der Waals surface area contributed by atoms with Crippen molar-refractivity contribution < 1.29 is 22.4 Å². The van der Waals surface area contributed by atoms with Crippen LogP contribution in [0.2, 0.25) is 0 Å². The molecular formula is C30H25F3N4O2. The Morgan fingerprint density at radius 2 is 1.69 bits per heavy atom. The van der Waals surface area contributed by atoms with E-state index in [0.717, 1.165) is 60.1 Å². The third kappa shape index (κ3) is 4.45. The fourth-order valence-corrected chi connectivity index (χ4v) is 5.59. The molecule has 6 nitrogen and oxygen atoms in total. The number of carbonyl (C=O) groups is 1. The van der Waals surface area contributed by atoms with E-state index in [1.807, 2.05) is 51.9 Å². The van der Waals surface area contributed by atoms with Crippen LogP contribution < -0.4 is 0 Å². The Labute approximate surface area is 222 Å². The van der Waals surface area contributed by atoms with Crippen molar-refractivity contribution in [3.63, 3.8) is 0 Å². The van der Waals surface area contributed by atoms with Gasteiger partial charge in [-0.3, -0.25) is 4.79 Å². The second-order valence-electron chi connectivity index (χ2n) is 10.6. The van der Waals surface area contributed by atoms with E-state index in [2.05, 4.69) is 9.97 Å². The van der Waals surface area contributed by atoms with E-state index in [1.165, 1.54) is 12.5 Å². The molecule has 9 heteroatoms. The summed E-state index contributed by atoms with van der Waals surface area (Å²) in [6.07, 6.45) is -0.222. The first-order valence-electron chi connectivity index (χ1n) is 13.1. The Morgan fingerprint density at radius 3 is 2.46 bits per heavy atom. The summed E-state index contributed by atoms with van der Waals surface area (Å²) in [6.45, 7) is 1.97. The summed E-state index contributed by atoms with van der Waals surface area (Å²) in [5.74, 6) is 1.24. The fraction of sp³-hybridized carbons (Fsp3) is 0.300. The molecule has 1 amide bonds. The standard InChI is InChI=1S/C30H25F3N4O2/c31-30(32,33)23-8-9-26-24(14-23)35-28(37(26)16-18-11-12-36(15-18)29(38)21-5-6-21)20-3-1-19(2-4-20)22-7-10-27-25(13-22)34-17-39-27/h1-4,7-10,13-14,17-18,21H,5-6,11-12,15-16H2.